The first-order valence-electron chi connectivity index (χ1n) is 11.1. The number of amides is 1. The Morgan fingerprint density at radius 2 is 1.96 bits per heavy atom. The van der Waals surface area contributed by atoms with Crippen LogP contribution in [0.15, 0.2) is 22.8 Å². The van der Waals surface area contributed by atoms with Crippen molar-refractivity contribution in [2.75, 3.05) is 13.2 Å². The van der Waals surface area contributed by atoms with Gasteiger partial charge in [-0.05, 0) is 68.9 Å². The SMILES string of the molecule is CC(C)CCC1(CCNC(=O)CC(c2ccco2)C(C)C)CCOC(C)(C)C1. The van der Waals surface area contributed by atoms with Gasteiger partial charge in [-0.2, -0.15) is 0 Å². The lowest BCUT2D eigenvalue weighted by Gasteiger charge is -2.45. The van der Waals surface area contributed by atoms with Gasteiger partial charge in [-0.25, -0.2) is 0 Å². The predicted octanol–water partition coefficient (Wildman–Crippen LogP) is 5.93. The van der Waals surface area contributed by atoms with Crippen LogP contribution in [-0.2, 0) is 9.53 Å². The molecular weight excluding hydrogens is 350 g/mol. The highest BCUT2D eigenvalue weighted by molar-refractivity contribution is 5.76. The minimum absolute atomic E-state index is 0.0682. The summed E-state index contributed by atoms with van der Waals surface area (Å²) in [5.74, 6) is 2.24. The summed E-state index contributed by atoms with van der Waals surface area (Å²) in [6.07, 6.45) is 7.83. The number of nitrogens with one attached hydrogen (secondary N) is 1. The lowest BCUT2D eigenvalue weighted by atomic mass is 9.68. The predicted molar refractivity (Wildman–Crippen MR) is 114 cm³/mol. The van der Waals surface area contributed by atoms with Gasteiger partial charge in [-0.3, -0.25) is 4.79 Å². The maximum Gasteiger partial charge on any atom is 0.220 e. The standard InChI is InChI=1S/C24H41NO3/c1-18(2)9-10-24(12-15-28-23(5,6)17-24)11-13-25-22(26)16-20(19(3)4)21-8-7-14-27-21/h7-8,14,18-20H,9-13,15-17H2,1-6H3,(H,25,26). The van der Waals surface area contributed by atoms with Crippen LogP contribution in [0.1, 0.15) is 91.7 Å². The molecule has 0 radical (unpaired) electrons. The van der Waals surface area contributed by atoms with Gasteiger partial charge in [0.1, 0.15) is 5.76 Å². The molecule has 0 aromatic carbocycles. The first kappa shape index (κ1) is 23.0. The number of furan rings is 1. The van der Waals surface area contributed by atoms with Gasteiger partial charge in [0.2, 0.25) is 5.91 Å². The first-order chi connectivity index (χ1) is 13.1. The molecule has 1 aliphatic heterocycles. The molecule has 1 N–H and O–H groups in total. The number of carbonyl (C=O) groups is 1. The zero-order valence-electron chi connectivity index (χ0n) is 18.8. The maximum absolute atomic E-state index is 12.6. The summed E-state index contributed by atoms with van der Waals surface area (Å²) in [7, 11) is 0. The highest BCUT2D eigenvalue weighted by Gasteiger charge is 2.40. The van der Waals surface area contributed by atoms with Crippen molar-refractivity contribution in [2.24, 2.45) is 17.3 Å². The average Bonchev–Trinajstić information content (AvgIpc) is 3.11. The molecule has 0 spiro atoms. The Balaban J connectivity index is 1.91. The third-order valence-electron chi connectivity index (χ3n) is 6.27. The number of carbonyl (C=O) groups excluding carboxylic acids is 1. The molecule has 0 aliphatic carbocycles. The lowest BCUT2D eigenvalue weighted by molar-refractivity contribution is -0.123. The van der Waals surface area contributed by atoms with Crippen molar-refractivity contribution in [2.45, 2.75) is 91.6 Å². The van der Waals surface area contributed by atoms with Crippen molar-refractivity contribution < 1.29 is 13.9 Å². The number of rotatable bonds is 10. The highest BCUT2D eigenvalue weighted by atomic mass is 16.5. The molecule has 1 aromatic rings. The minimum atomic E-state index is -0.0682. The molecule has 1 aromatic heterocycles. The maximum atomic E-state index is 12.6. The fourth-order valence-corrected chi connectivity index (χ4v) is 4.64. The fraction of sp³-hybridized carbons (Fsp3) is 0.792. The molecule has 1 aliphatic rings. The number of ether oxygens (including phenoxy) is 1. The molecule has 160 valence electrons. The third kappa shape index (κ3) is 6.95. The molecule has 0 bridgehead atoms. The van der Waals surface area contributed by atoms with Crippen molar-refractivity contribution in [1.82, 2.24) is 5.32 Å². The molecule has 2 unspecified atom stereocenters. The van der Waals surface area contributed by atoms with E-state index < -0.39 is 0 Å². The summed E-state index contributed by atoms with van der Waals surface area (Å²) >= 11 is 0. The van der Waals surface area contributed by atoms with Gasteiger partial charge in [0.25, 0.3) is 0 Å². The Bertz CT molecular complexity index is 591. The summed E-state index contributed by atoms with van der Waals surface area (Å²) in [6.45, 7) is 14.8. The second-order valence-corrected chi connectivity index (χ2v) is 10.1. The molecular formula is C24H41NO3. The van der Waals surface area contributed by atoms with Crippen LogP contribution in [0.25, 0.3) is 0 Å². The van der Waals surface area contributed by atoms with Crippen LogP contribution in [0.2, 0.25) is 0 Å². The largest absolute Gasteiger partial charge is 0.469 e. The summed E-state index contributed by atoms with van der Waals surface area (Å²) in [5, 5.41) is 3.20. The molecule has 2 heterocycles. The van der Waals surface area contributed by atoms with E-state index in [1.165, 1.54) is 12.8 Å². The van der Waals surface area contributed by atoms with Gasteiger partial charge in [-0.1, -0.05) is 34.1 Å². The molecule has 2 rings (SSSR count). The van der Waals surface area contributed by atoms with Crippen molar-refractivity contribution in [3.63, 3.8) is 0 Å². The van der Waals surface area contributed by atoms with E-state index in [1.54, 1.807) is 6.26 Å². The Hall–Kier alpha value is -1.29. The Morgan fingerprint density at radius 3 is 2.54 bits per heavy atom. The monoisotopic (exact) mass is 391 g/mol. The summed E-state index contributed by atoms with van der Waals surface area (Å²) in [5.41, 5.74) is 0.207. The van der Waals surface area contributed by atoms with Crippen LogP contribution >= 0.6 is 0 Å². The zero-order chi connectivity index (χ0) is 20.8. The van der Waals surface area contributed by atoms with Gasteiger partial charge < -0.3 is 14.5 Å². The van der Waals surface area contributed by atoms with Crippen LogP contribution in [0.5, 0.6) is 0 Å². The van der Waals surface area contributed by atoms with E-state index in [0.717, 1.165) is 38.2 Å². The van der Waals surface area contributed by atoms with Crippen molar-refractivity contribution in [3.8, 4) is 0 Å². The Labute approximate surface area is 171 Å². The van der Waals surface area contributed by atoms with Crippen molar-refractivity contribution in [3.05, 3.63) is 24.2 Å². The second kappa shape index (κ2) is 9.96. The third-order valence-corrected chi connectivity index (χ3v) is 6.27. The Morgan fingerprint density at radius 1 is 1.21 bits per heavy atom. The quantitative estimate of drug-likeness (QED) is 0.538. The zero-order valence-corrected chi connectivity index (χ0v) is 18.8. The number of hydrogen-bond acceptors (Lipinski definition) is 3. The van der Waals surface area contributed by atoms with E-state index in [2.05, 4.69) is 46.9 Å². The molecule has 0 saturated carbocycles. The molecule has 1 amide bonds. The average molecular weight is 392 g/mol. The minimum Gasteiger partial charge on any atom is -0.469 e. The Kier molecular flexibility index (Phi) is 8.18. The summed E-state index contributed by atoms with van der Waals surface area (Å²) in [6, 6.07) is 3.87. The second-order valence-electron chi connectivity index (χ2n) is 10.1. The van der Waals surface area contributed by atoms with E-state index in [0.29, 0.717) is 18.3 Å². The van der Waals surface area contributed by atoms with Crippen LogP contribution < -0.4 is 5.32 Å². The fourth-order valence-electron chi connectivity index (χ4n) is 4.64. The normalized spacial score (nSPS) is 23.1. The van der Waals surface area contributed by atoms with Gasteiger partial charge >= 0.3 is 0 Å². The van der Waals surface area contributed by atoms with Gasteiger partial charge in [0.15, 0.2) is 0 Å². The van der Waals surface area contributed by atoms with Crippen LogP contribution in [0, 0.1) is 17.3 Å². The van der Waals surface area contributed by atoms with E-state index in [1.807, 2.05) is 12.1 Å². The van der Waals surface area contributed by atoms with Crippen molar-refractivity contribution in [1.29, 1.82) is 0 Å². The van der Waals surface area contributed by atoms with Gasteiger partial charge in [-0.15, -0.1) is 0 Å². The van der Waals surface area contributed by atoms with Crippen molar-refractivity contribution >= 4 is 5.91 Å². The summed E-state index contributed by atoms with van der Waals surface area (Å²) in [4.78, 5) is 12.6. The van der Waals surface area contributed by atoms with E-state index in [9.17, 15) is 4.79 Å². The van der Waals surface area contributed by atoms with E-state index in [4.69, 9.17) is 9.15 Å². The summed E-state index contributed by atoms with van der Waals surface area (Å²) < 4.78 is 11.5. The van der Waals surface area contributed by atoms with Crippen LogP contribution in [0.4, 0.5) is 0 Å². The first-order valence-corrected chi connectivity index (χ1v) is 11.1. The molecule has 1 saturated heterocycles. The highest BCUT2D eigenvalue weighted by Crippen LogP contribution is 2.45. The molecule has 2 atom stereocenters. The smallest absolute Gasteiger partial charge is 0.220 e. The molecule has 4 heteroatoms. The van der Waals surface area contributed by atoms with Crippen LogP contribution in [0.3, 0.4) is 0 Å². The van der Waals surface area contributed by atoms with Gasteiger partial charge in [0.05, 0.1) is 11.9 Å². The molecule has 28 heavy (non-hydrogen) atoms. The van der Waals surface area contributed by atoms with Crippen LogP contribution in [-0.4, -0.2) is 24.7 Å². The van der Waals surface area contributed by atoms with E-state index >= 15 is 0 Å². The lowest BCUT2D eigenvalue weighted by Crippen LogP contribution is -2.43. The molecule has 4 nitrogen and oxygen atoms in total. The number of hydrogen-bond donors (Lipinski definition) is 1. The van der Waals surface area contributed by atoms with Gasteiger partial charge in [0, 0.05) is 25.5 Å². The van der Waals surface area contributed by atoms with E-state index in [-0.39, 0.29) is 22.8 Å². The molecule has 1 fully saturated rings. The topological polar surface area (TPSA) is 51.5 Å².